The average molecular weight is 366 g/mol. The second kappa shape index (κ2) is 6.97. The molecule has 138 valence electrons. The largest absolute Gasteiger partial charge is 0.355 e. The number of rotatable bonds is 3. The summed E-state index contributed by atoms with van der Waals surface area (Å²) in [6.45, 7) is 2.22. The third-order valence-electron chi connectivity index (χ3n) is 5.10. The van der Waals surface area contributed by atoms with Crippen LogP contribution in [-0.2, 0) is 6.42 Å². The number of aromatic amines is 2. The first-order valence-electron chi connectivity index (χ1n) is 9.83. The molecule has 0 spiro atoms. The topological polar surface area (TPSA) is 57.4 Å². The van der Waals surface area contributed by atoms with Crippen LogP contribution in [0.15, 0.2) is 42.5 Å². The van der Waals surface area contributed by atoms with E-state index in [1.807, 2.05) is 0 Å². The van der Waals surface area contributed by atoms with Crippen molar-refractivity contribution in [2.45, 2.75) is 26.2 Å². The predicted molar refractivity (Wildman–Crippen MR) is 117 cm³/mol. The third kappa shape index (κ3) is 3.29. The summed E-state index contributed by atoms with van der Waals surface area (Å²) in [6.07, 6.45) is 11.6. The normalized spacial score (nSPS) is 12.6. The number of fused-ring (bicyclic) bond motifs is 8. The van der Waals surface area contributed by atoms with E-state index >= 15 is 0 Å². The van der Waals surface area contributed by atoms with Crippen molar-refractivity contribution in [3.05, 3.63) is 70.8 Å². The lowest BCUT2D eigenvalue weighted by Crippen LogP contribution is -1.94. The number of aromatic nitrogens is 4. The molecule has 2 aliphatic rings. The van der Waals surface area contributed by atoms with E-state index < -0.39 is 0 Å². The summed E-state index contributed by atoms with van der Waals surface area (Å²) >= 11 is 0. The van der Waals surface area contributed by atoms with Crippen molar-refractivity contribution in [2.24, 2.45) is 0 Å². The van der Waals surface area contributed by atoms with Crippen molar-refractivity contribution >= 4 is 46.4 Å². The summed E-state index contributed by atoms with van der Waals surface area (Å²) in [7, 11) is 0. The molecule has 4 nitrogen and oxygen atoms in total. The zero-order chi connectivity index (χ0) is 18.9. The predicted octanol–water partition coefficient (Wildman–Crippen LogP) is 6.00. The van der Waals surface area contributed by atoms with Crippen LogP contribution in [0.25, 0.3) is 46.4 Å². The fraction of sp³-hybridized carbons (Fsp3) is 0.167. The van der Waals surface area contributed by atoms with E-state index in [0.29, 0.717) is 0 Å². The Morgan fingerprint density at radius 1 is 0.679 bits per heavy atom. The summed E-state index contributed by atoms with van der Waals surface area (Å²) < 4.78 is 0. The second-order valence-electron chi connectivity index (χ2n) is 7.26. The van der Waals surface area contributed by atoms with Gasteiger partial charge in [-0.05, 0) is 79.6 Å². The Morgan fingerprint density at radius 2 is 1.18 bits per heavy atom. The van der Waals surface area contributed by atoms with Crippen LogP contribution in [0.4, 0.5) is 0 Å². The summed E-state index contributed by atoms with van der Waals surface area (Å²) in [5, 5.41) is 0. The van der Waals surface area contributed by atoms with Crippen LogP contribution in [0, 0.1) is 0 Å². The van der Waals surface area contributed by atoms with Gasteiger partial charge in [-0.1, -0.05) is 13.3 Å². The van der Waals surface area contributed by atoms with Crippen LogP contribution in [0.1, 0.15) is 48.1 Å². The Hall–Kier alpha value is -3.40. The van der Waals surface area contributed by atoms with E-state index in [9.17, 15) is 0 Å². The van der Waals surface area contributed by atoms with Gasteiger partial charge in [0.1, 0.15) is 0 Å². The van der Waals surface area contributed by atoms with Crippen LogP contribution in [-0.4, -0.2) is 19.9 Å². The van der Waals surface area contributed by atoms with Gasteiger partial charge in [0.2, 0.25) is 0 Å². The highest BCUT2D eigenvalue weighted by Gasteiger charge is 2.11. The van der Waals surface area contributed by atoms with Gasteiger partial charge in [-0.2, -0.15) is 0 Å². The molecule has 3 aromatic rings. The summed E-state index contributed by atoms with van der Waals surface area (Å²) in [6, 6.07) is 14.6. The van der Waals surface area contributed by atoms with Crippen molar-refractivity contribution in [3.8, 4) is 0 Å². The zero-order valence-corrected chi connectivity index (χ0v) is 15.9. The Morgan fingerprint density at radius 3 is 1.68 bits per heavy atom. The molecule has 0 fully saturated rings. The van der Waals surface area contributed by atoms with Gasteiger partial charge in [0, 0.05) is 27.6 Å². The molecule has 5 heterocycles. The molecular weight excluding hydrogens is 344 g/mol. The van der Waals surface area contributed by atoms with Gasteiger partial charge < -0.3 is 9.97 Å². The Kier molecular flexibility index (Phi) is 4.17. The number of nitrogens with one attached hydrogen (secondary N) is 2. The third-order valence-corrected chi connectivity index (χ3v) is 5.10. The number of hydrogen-bond donors (Lipinski definition) is 2. The fourth-order valence-electron chi connectivity index (χ4n) is 3.68. The van der Waals surface area contributed by atoms with E-state index in [2.05, 4.69) is 83.7 Å². The second-order valence-corrected chi connectivity index (χ2v) is 7.26. The van der Waals surface area contributed by atoms with Crippen LogP contribution < -0.4 is 0 Å². The van der Waals surface area contributed by atoms with Gasteiger partial charge >= 0.3 is 0 Å². The first kappa shape index (κ1) is 16.8. The molecule has 2 N–H and O–H groups in total. The van der Waals surface area contributed by atoms with Gasteiger partial charge in [0.15, 0.2) is 0 Å². The molecule has 0 radical (unpaired) electrons. The van der Waals surface area contributed by atoms with Gasteiger partial charge in [-0.15, -0.1) is 0 Å². The van der Waals surface area contributed by atoms with Crippen molar-refractivity contribution in [1.29, 1.82) is 0 Å². The fourth-order valence-corrected chi connectivity index (χ4v) is 3.68. The highest BCUT2D eigenvalue weighted by atomic mass is 14.8. The first-order valence-corrected chi connectivity index (χ1v) is 9.83. The van der Waals surface area contributed by atoms with Crippen LogP contribution >= 0.6 is 0 Å². The molecule has 0 atom stereocenters. The SMILES string of the molecule is CCCCc1c2nc(cc3ccc(cc4ccc(cc5nc1C=C5)[nH]4)[nH]3)C=C2. The quantitative estimate of drug-likeness (QED) is 0.411. The number of hydrogen-bond acceptors (Lipinski definition) is 2. The molecule has 0 saturated heterocycles. The van der Waals surface area contributed by atoms with Gasteiger partial charge in [0.05, 0.1) is 22.8 Å². The first-order chi connectivity index (χ1) is 13.8. The molecule has 0 saturated carbocycles. The maximum absolute atomic E-state index is 4.87. The molecule has 28 heavy (non-hydrogen) atoms. The molecule has 2 aliphatic heterocycles. The van der Waals surface area contributed by atoms with Crippen molar-refractivity contribution in [2.75, 3.05) is 0 Å². The van der Waals surface area contributed by atoms with Gasteiger partial charge in [-0.3, -0.25) is 0 Å². The molecular formula is C24H22N4. The standard InChI is InChI=1S/C24H22N4/c1-2-3-4-22-23-11-9-20(27-23)14-18-7-5-16(25-18)13-17-6-8-19(26-17)15-21-10-12-24(22)28-21/h5-15,25-26H,2-4H2,1H3. The highest BCUT2D eigenvalue weighted by molar-refractivity contribution is 5.79. The van der Waals surface area contributed by atoms with Crippen LogP contribution in [0.3, 0.4) is 0 Å². The van der Waals surface area contributed by atoms with Crippen molar-refractivity contribution < 1.29 is 0 Å². The maximum atomic E-state index is 4.87. The summed E-state index contributed by atoms with van der Waals surface area (Å²) in [4.78, 5) is 16.6. The van der Waals surface area contributed by atoms with Crippen LogP contribution in [0.5, 0.6) is 0 Å². The number of H-pyrrole nitrogens is 2. The van der Waals surface area contributed by atoms with E-state index in [-0.39, 0.29) is 0 Å². The molecule has 8 bridgehead atoms. The smallest absolute Gasteiger partial charge is 0.0691 e. The average Bonchev–Trinajstić information content (AvgIpc) is 3.46. The molecule has 0 amide bonds. The lowest BCUT2D eigenvalue weighted by Gasteiger charge is -2.02. The molecule has 0 aromatic carbocycles. The minimum atomic E-state index is 0.963. The molecule has 3 aromatic heterocycles. The van der Waals surface area contributed by atoms with E-state index in [1.165, 1.54) is 5.56 Å². The van der Waals surface area contributed by atoms with Crippen LogP contribution in [0.2, 0.25) is 0 Å². The minimum absolute atomic E-state index is 0.963. The number of unbranched alkanes of at least 4 members (excludes halogenated alkanes) is 1. The summed E-state index contributed by atoms with van der Waals surface area (Å²) in [5.74, 6) is 0. The Labute approximate surface area is 163 Å². The monoisotopic (exact) mass is 366 g/mol. The number of nitrogens with zero attached hydrogens (tertiary/aromatic N) is 2. The molecule has 4 heteroatoms. The van der Waals surface area contributed by atoms with E-state index in [4.69, 9.17) is 9.97 Å². The lowest BCUT2D eigenvalue weighted by atomic mass is 10.1. The summed E-state index contributed by atoms with van der Waals surface area (Å²) in [5.41, 5.74) is 9.41. The highest BCUT2D eigenvalue weighted by Crippen LogP contribution is 2.23. The molecule has 0 unspecified atom stereocenters. The van der Waals surface area contributed by atoms with Gasteiger partial charge in [0.25, 0.3) is 0 Å². The zero-order valence-electron chi connectivity index (χ0n) is 15.9. The molecule has 0 aliphatic carbocycles. The maximum Gasteiger partial charge on any atom is 0.0691 e. The van der Waals surface area contributed by atoms with Crippen molar-refractivity contribution in [3.63, 3.8) is 0 Å². The van der Waals surface area contributed by atoms with E-state index in [0.717, 1.165) is 64.1 Å². The Balaban J connectivity index is 1.82. The van der Waals surface area contributed by atoms with E-state index in [1.54, 1.807) is 0 Å². The van der Waals surface area contributed by atoms with Gasteiger partial charge in [-0.25, -0.2) is 9.97 Å². The Bertz CT molecular complexity index is 1160. The minimum Gasteiger partial charge on any atom is -0.355 e. The molecule has 5 rings (SSSR count). The van der Waals surface area contributed by atoms with Crippen molar-refractivity contribution in [1.82, 2.24) is 19.9 Å². The lowest BCUT2D eigenvalue weighted by molar-refractivity contribution is 0.788.